The van der Waals surface area contributed by atoms with Crippen molar-refractivity contribution in [2.45, 2.75) is 12.5 Å². The largest absolute Gasteiger partial charge is 0.497 e. The monoisotopic (exact) mass is 285 g/mol. The first-order chi connectivity index (χ1) is 10.2. The molecule has 0 bridgehead atoms. The zero-order chi connectivity index (χ0) is 15.1. The number of nitrogens with zero attached hydrogens (tertiary/aromatic N) is 2. The van der Waals surface area contributed by atoms with E-state index in [4.69, 9.17) is 10.5 Å². The first kappa shape index (κ1) is 15.5. The lowest BCUT2D eigenvalue weighted by Gasteiger charge is -2.21. The first-order valence-electron chi connectivity index (χ1n) is 7.16. The van der Waals surface area contributed by atoms with Crippen molar-refractivity contribution in [3.05, 3.63) is 59.9 Å². The lowest BCUT2D eigenvalue weighted by atomic mass is 10.1. The van der Waals surface area contributed by atoms with Crippen LogP contribution in [-0.2, 0) is 6.42 Å². The Hall–Kier alpha value is -1.91. The van der Waals surface area contributed by atoms with Gasteiger partial charge in [0.2, 0.25) is 0 Å². The molecule has 1 heterocycles. The highest BCUT2D eigenvalue weighted by atomic mass is 16.5. The molecule has 2 rings (SSSR count). The Morgan fingerprint density at radius 2 is 2.00 bits per heavy atom. The molecule has 0 amide bonds. The van der Waals surface area contributed by atoms with Crippen LogP contribution in [0.1, 0.15) is 17.2 Å². The predicted molar refractivity (Wildman–Crippen MR) is 85.4 cm³/mol. The van der Waals surface area contributed by atoms with Gasteiger partial charge in [-0.1, -0.05) is 12.1 Å². The molecule has 2 N–H and O–H groups in total. The van der Waals surface area contributed by atoms with Crippen molar-refractivity contribution in [3.63, 3.8) is 0 Å². The van der Waals surface area contributed by atoms with Gasteiger partial charge in [0.25, 0.3) is 0 Å². The molecule has 0 aliphatic heterocycles. The molecule has 21 heavy (non-hydrogen) atoms. The molecule has 0 fully saturated rings. The smallest absolute Gasteiger partial charge is 0.119 e. The Kier molecular flexibility index (Phi) is 5.72. The van der Waals surface area contributed by atoms with Crippen molar-refractivity contribution < 1.29 is 4.74 Å². The molecular weight excluding hydrogens is 262 g/mol. The van der Waals surface area contributed by atoms with E-state index in [1.54, 1.807) is 7.11 Å². The Morgan fingerprint density at radius 1 is 1.24 bits per heavy atom. The zero-order valence-electron chi connectivity index (χ0n) is 12.7. The number of ether oxygens (including phenoxy) is 1. The van der Waals surface area contributed by atoms with Gasteiger partial charge in [0.05, 0.1) is 7.11 Å². The van der Waals surface area contributed by atoms with Crippen LogP contribution in [0.25, 0.3) is 0 Å². The van der Waals surface area contributed by atoms with Crippen molar-refractivity contribution in [2.75, 3.05) is 27.2 Å². The van der Waals surface area contributed by atoms with Crippen LogP contribution < -0.4 is 10.5 Å². The third-order valence-electron chi connectivity index (χ3n) is 3.56. The van der Waals surface area contributed by atoms with E-state index in [2.05, 4.69) is 29.1 Å². The summed E-state index contributed by atoms with van der Waals surface area (Å²) in [7, 11) is 3.77. The van der Waals surface area contributed by atoms with E-state index in [0.29, 0.717) is 0 Å². The molecule has 0 spiro atoms. The molecule has 0 saturated carbocycles. The molecule has 1 unspecified atom stereocenters. The molecule has 0 radical (unpaired) electrons. The molecule has 0 saturated heterocycles. The average molecular weight is 285 g/mol. The summed E-state index contributed by atoms with van der Waals surface area (Å²) in [5.41, 5.74) is 8.68. The quantitative estimate of drug-likeness (QED) is 0.848. The van der Waals surface area contributed by atoms with Gasteiger partial charge >= 0.3 is 0 Å². The number of hydrogen-bond donors (Lipinski definition) is 1. The van der Waals surface area contributed by atoms with Crippen LogP contribution in [0.3, 0.4) is 0 Å². The number of hydrogen-bond acceptors (Lipinski definition) is 4. The second kappa shape index (κ2) is 7.76. The number of likely N-dealkylation sites (N-methyl/N-ethyl adjacent to an activating group) is 1. The van der Waals surface area contributed by atoms with E-state index < -0.39 is 0 Å². The fraction of sp³-hybridized carbons (Fsp3) is 0.353. The Labute approximate surface area is 126 Å². The van der Waals surface area contributed by atoms with E-state index in [9.17, 15) is 0 Å². The van der Waals surface area contributed by atoms with Crippen LogP contribution in [0.5, 0.6) is 5.75 Å². The SMILES string of the molecule is COc1cccc(C(N)CN(C)CCc2ccncc2)c1. The Balaban J connectivity index is 1.85. The van der Waals surface area contributed by atoms with Gasteiger partial charge in [-0.15, -0.1) is 0 Å². The third-order valence-corrected chi connectivity index (χ3v) is 3.56. The molecule has 4 nitrogen and oxygen atoms in total. The minimum atomic E-state index is -0.0115. The zero-order valence-corrected chi connectivity index (χ0v) is 12.7. The van der Waals surface area contributed by atoms with Crippen molar-refractivity contribution in [3.8, 4) is 5.75 Å². The number of nitrogens with two attached hydrogens (primary N) is 1. The number of methoxy groups -OCH3 is 1. The van der Waals surface area contributed by atoms with Gasteiger partial charge in [-0.3, -0.25) is 4.98 Å². The second-order valence-electron chi connectivity index (χ2n) is 5.25. The predicted octanol–water partition coefficient (Wildman–Crippen LogP) is 2.26. The molecule has 0 aliphatic rings. The highest BCUT2D eigenvalue weighted by Crippen LogP contribution is 2.18. The summed E-state index contributed by atoms with van der Waals surface area (Å²) in [4.78, 5) is 6.29. The molecule has 4 heteroatoms. The molecule has 0 aliphatic carbocycles. The van der Waals surface area contributed by atoms with E-state index in [-0.39, 0.29) is 6.04 Å². The Morgan fingerprint density at radius 3 is 2.71 bits per heavy atom. The minimum Gasteiger partial charge on any atom is -0.497 e. The first-order valence-corrected chi connectivity index (χ1v) is 7.16. The third kappa shape index (κ3) is 4.85. The van der Waals surface area contributed by atoms with Gasteiger partial charge in [-0.2, -0.15) is 0 Å². The number of pyridine rings is 1. The van der Waals surface area contributed by atoms with E-state index in [1.165, 1.54) is 5.56 Å². The van der Waals surface area contributed by atoms with Gasteiger partial charge in [-0.25, -0.2) is 0 Å². The molecule has 1 aromatic heterocycles. The van der Waals surface area contributed by atoms with E-state index in [0.717, 1.165) is 30.8 Å². The highest BCUT2D eigenvalue weighted by Gasteiger charge is 2.10. The van der Waals surface area contributed by atoms with Crippen LogP contribution in [0.4, 0.5) is 0 Å². The summed E-state index contributed by atoms with van der Waals surface area (Å²) in [6.45, 7) is 1.79. The molecular formula is C17H23N3O. The van der Waals surface area contributed by atoms with Gasteiger partial charge in [0, 0.05) is 31.5 Å². The summed E-state index contributed by atoms with van der Waals surface area (Å²) in [6, 6.07) is 12.0. The standard InChI is InChI=1S/C17H23N3O/c1-20(11-8-14-6-9-19-10-7-14)13-17(18)15-4-3-5-16(12-15)21-2/h3-7,9-10,12,17H,8,11,13,18H2,1-2H3. The van der Waals surface area contributed by atoms with Crippen LogP contribution in [-0.4, -0.2) is 37.1 Å². The maximum Gasteiger partial charge on any atom is 0.119 e. The van der Waals surface area contributed by atoms with Gasteiger partial charge in [-0.05, 0) is 48.9 Å². The number of rotatable bonds is 7. The Bertz CT molecular complexity index is 545. The van der Waals surface area contributed by atoms with Gasteiger partial charge < -0.3 is 15.4 Å². The average Bonchev–Trinajstić information content (AvgIpc) is 2.54. The number of aromatic nitrogens is 1. The van der Waals surface area contributed by atoms with E-state index >= 15 is 0 Å². The van der Waals surface area contributed by atoms with Gasteiger partial charge in [0.15, 0.2) is 0 Å². The molecule has 2 aromatic rings. The van der Waals surface area contributed by atoms with Crippen LogP contribution in [0.15, 0.2) is 48.8 Å². The van der Waals surface area contributed by atoms with Crippen molar-refractivity contribution in [1.29, 1.82) is 0 Å². The lowest BCUT2D eigenvalue weighted by Crippen LogP contribution is -2.30. The summed E-state index contributed by atoms with van der Waals surface area (Å²) >= 11 is 0. The van der Waals surface area contributed by atoms with E-state index in [1.807, 2.05) is 36.7 Å². The lowest BCUT2D eigenvalue weighted by molar-refractivity contribution is 0.316. The van der Waals surface area contributed by atoms with Crippen molar-refractivity contribution >= 4 is 0 Å². The highest BCUT2D eigenvalue weighted by molar-refractivity contribution is 5.30. The maximum absolute atomic E-state index is 6.28. The van der Waals surface area contributed by atoms with Gasteiger partial charge in [0.1, 0.15) is 5.75 Å². The second-order valence-corrected chi connectivity index (χ2v) is 5.25. The fourth-order valence-electron chi connectivity index (χ4n) is 2.27. The van der Waals surface area contributed by atoms with Crippen molar-refractivity contribution in [1.82, 2.24) is 9.88 Å². The summed E-state index contributed by atoms with van der Waals surface area (Å²) < 4.78 is 5.24. The summed E-state index contributed by atoms with van der Waals surface area (Å²) in [5, 5.41) is 0. The maximum atomic E-state index is 6.28. The topological polar surface area (TPSA) is 51.4 Å². The minimum absolute atomic E-state index is 0.0115. The normalized spacial score (nSPS) is 12.4. The summed E-state index contributed by atoms with van der Waals surface area (Å²) in [5.74, 6) is 0.849. The number of benzene rings is 1. The van der Waals surface area contributed by atoms with Crippen molar-refractivity contribution in [2.24, 2.45) is 5.73 Å². The molecule has 1 aromatic carbocycles. The van der Waals surface area contributed by atoms with Crippen LogP contribution in [0, 0.1) is 0 Å². The fourth-order valence-corrected chi connectivity index (χ4v) is 2.27. The molecule has 112 valence electrons. The summed E-state index contributed by atoms with van der Waals surface area (Å²) in [6.07, 6.45) is 4.67. The van der Waals surface area contributed by atoms with Crippen LogP contribution in [0.2, 0.25) is 0 Å². The molecule has 1 atom stereocenters. The van der Waals surface area contributed by atoms with Crippen LogP contribution >= 0.6 is 0 Å².